The van der Waals surface area contributed by atoms with Crippen molar-refractivity contribution in [3.05, 3.63) is 59.8 Å². The van der Waals surface area contributed by atoms with E-state index in [2.05, 4.69) is 62.8 Å². The summed E-state index contributed by atoms with van der Waals surface area (Å²) in [5.41, 5.74) is 2.39. The molecular weight excluding hydrogens is 360 g/mol. The van der Waals surface area contributed by atoms with Crippen molar-refractivity contribution in [3.63, 3.8) is 0 Å². The second-order valence-electron chi connectivity index (χ2n) is 7.98. The number of benzene rings is 1. The summed E-state index contributed by atoms with van der Waals surface area (Å²) in [7, 11) is 5.84. The van der Waals surface area contributed by atoms with Gasteiger partial charge in [0.05, 0.1) is 12.2 Å². The van der Waals surface area contributed by atoms with Gasteiger partial charge in [-0.2, -0.15) is 0 Å². The van der Waals surface area contributed by atoms with Gasteiger partial charge >= 0.3 is 0 Å². The normalized spacial score (nSPS) is 20.3. The van der Waals surface area contributed by atoms with Crippen LogP contribution >= 0.6 is 0 Å². The summed E-state index contributed by atoms with van der Waals surface area (Å²) < 4.78 is 0. The maximum Gasteiger partial charge on any atom is 0.191 e. The van der Waals surface area contributed by atoms with Crippen LogP contribution in [0.25, 0.3) is 0 Å². The van der Waals surface area contributed by atoms with E-state index in [1.165, 1.54) is 5.56 Å². The number of aliphatic imine (C=N–C) groups is 1. The molecule has 2 N–H and O–H groups in total. The molecule has 6 nitrogen and oxygen atoms in total. The summed E-state index contributed by atoms with van der Waals surface area (Å²) in [6, 6.07) is 17.8. The smallest absolute Gasteiger partial charge is 0.191 e. The van der Waals surface area contributed by atoms with Gasteiger partial charge in [-0.05, 0) is 37.5 Å². The van der Waals surface area contributed by atoms with Crippen LogP contribution in [0.1, 0.15) is 31.0 Å². The van der Waals surface area contributed by atoms with Gasteiger partial charge in [-0.1, -0.05) is 36.4 Å². The molecule has 1 aromatic heterocycles. The number of guanidine groups is 1. The Morgan fingerprint density at radius 2 is 1.97 bits per heavy atom. The van der Waals surface area contributed by atoms with Crippen molar-refractivity contribution >= 4 is 11.8 Å². The Labute approximate surface area is 175 Å². The average Bonchev–Trinajstić information content (AvgIpc) is 2.74. The van der Waals surface area contributed by atoms with Gasteiger partial charge in [-0.3, -0.25) is 9.89 Å². The van der Waals surface area contributed by atoms with Gasteiger partial charge in [-0.25, -0.2) is 4.98 Å². The fourth-order valence-corrected chi connectivity index (χ4v) is 3.78. The number of hydrogen-bond acceptors (Lipinski definition) is 4. The second-order valence-corrected chi connectivity index (χ2v) is 7.98. The highest BCUT2D eigenvalue weighted by molar-refractivity contribution is 5.79. The van der Waals surface area contributed by atoms with Gasteiger partial charge in [0, 0.05) is 46.3 Å². The molecule has 1 aromatic carbocycles. The first-order valence-corrected chi connectivity index (χ1v) is 10.4. The van der Waals surface area contributed by atoms with Gasteiger partial charge in [0.15, 0.2) is 5.96 Å². The maximum absolute atomic E-state index is 4.66. The van der Waals surface area contributed by atoms with E-state index in [9.17, 15) is 0 Å². The quantitative estimate of drug-likeness (QED) is 0.583. The number of likely N-dealkylation sites (tertiary alicyclic amines) is 1. The summed E-state index contributed by atoms with van der Waals surface area (Å²) in [5.74, 6) is 1.81. The maximum atomic E-state index is 4.66. The third-order valence-corrected chi connectivity index (χ3v) is 5.49. The largest absolute Gasteiger partial charge is 0.363 e. The zero-order valence-corrected chi connectivity index (χ0v) is 18.1. The van der Waals surface area contributed by atoms with E-state index in [1.807, 2.05) is 44.2 Å². The number of rotatable bonds is 6. The molecule has 2 unspecified atom stereocenters. The van der Waals surface area contributed by atoms with Gasteiger partial charge in [-0.15, -0.1) is 0 Å². The molecule has 3 rings (SSSR count). The van der Waals surface area contributed by atoms with Crippen molar-refractivity contribution in [1.82, 2.24) is 20.5 Å². The predicted octanol–water partition coefficient (Wildman–Crippen LogP) is 2.87. The molecule has 0 spiro atoms. The molecule has 0 aliphatic carbocycles. The fraction of sp³-hybridized carbons (Fsp3) is 0.478. The van der Waals surface area contributed by atoms with Crippen LogP contribution in [0.4, 0.5) is 5.82 Å². The number of anilines is 1. The first-order chi connectivity index (χ1) is 14.0. The number of aromatic nitrogens is 1. The topological polar surface area (TPSA) is 55.8 Å². The van der Waals surface area contributed by atoms with Crippen molar-refractivity contribution in [1.29, 1.82) is 0 Å². The molecule has 1 aliphatic heterocycles. The van der Waals surface area contributed by atoms with E-state index in [1.54, 1.807) is 0 Å². The van der Waals surface area contributed by atoms with Crippen LogP contribution in [0.2, 0.25) is 0 Å². The molecule has 2 atom stereocenters. The van der Waals surface area contributed by atoms with Crippen molar-refractivity contribution < 1.29 is 0 Å². The van der Waals surface area contributed by atoms with Crippen LogP contribution < -0.4 is 15.5 Å². The lowest BCUT2D eigenvalue weighted by Crippen LogP contribution is -2.51. The number of nitrogens with one attached hydrogen (secondary N) is 2. The highest BCUT2D eigenvalue weighted by Gasteiger charge is 2.25. The Bertz CT molecular complexity index is 789. The van der Waals surface area contributed by atoms with Crippen LogP contribution in [-0.2, 0) is 13.1 Å². The first-order valence-electron chi connectivity index (χ1n) is 10.4. The first kappa shape index (κ1) is 21.1. The molecule has 6 heteroatoms. The minimum Gasteiger partial charge on any atom is -0.363 e. The van der Waals surface area contributed by atoms with Crippen LogP contribution in [0, 0.1) is 0 Å². The zero-order valence-electron chi connectivity index (χ0n) is 18.1. The molecule has 0 radical (unpaired) electrons. The van der Waals surface area contributed by atoms with Crippen LogP contribution in [0.15, 0.2) is 53.5 Å². The molecule has 1 aliphatic rings. The lowest BCUT2D eigenvalue weighted by atomic mass is 9.97. The summed E-state index contributed by atoms with van der Waals surface area (Å²) in [5, 5.41) is 7.01. The highest BCUT2D eigenvalue weighted by Crippen LogP contribution is 2.20. The standard InChI is InChI=1S/C23H34N6/c1-18-15-20(13-14-29(18)17-19-9-6-5-7-10-19)27-23(24-2)25-16-21-11-8-12-22(26-21)28(3)4/h5-12,18,20H,13-17H2,1-4H3,(H2,24,25,27). The summed E-state index contributed by atoms with van der Waals surface area (Å²) >= 11 is 0. The molecule has 1 saturated heterocycles. The molecule has 29 heavy (non-hydrogen) atoms. The molecule has 2 aromatic rings. The number of hydrogen-bond donors (Lipinski definition) is 2. The monoisotopic (exact) mass is 394 g/mol. The Morgan fingerprint density at radius 3 is 2.66 bits per heavy atom. The Balaban J connectivity index is 1.48. The number of piperidine rings is 1. The lowest BCUT2D eigenvalue weighted by molar-refractivity contribution is 0.134. The van der Waals surface area contributed by atoms with Crippen LogP contribution in [0.5, 0.6) is 0 Å². The summed E-state index contributed by atoms with van der Waals surface area (Å²) in [6.45, 7) is 5.10. The zero-order chi connectivity index (χ0) is 20.6. The fourth-order valence-electron chi connectivity index (χ4n) is 3.78. The SMILES string of the molecule is CN=C(NCc1cccc(N(C)C)n1)NC1CCN(Cc2ccccc2)C(C)C1. The van der Waals surface area contributed by atoms with Crippen LogP contribution in [0.3, 0.4) is 0 Å². The average molecular weight is 395 g/mol. The van der Waals surface area contributed by atoms with Gasteiger partial charge in [0.2, 0.25) is 0 Å². The van der Waals surface area contributed by atoms with Gasteiger partial charge in [0.25, 0.3) is 0 Å². The molecule has 0 amide bonds. The summed E-state index contributed by atoms with van der Waals surface area (Å²) in [6.07, 6.45) is 2.23. The van der Waals surface area contributed by atoms with Gasteiger partial charge < -0.3 is 15.5 Å². The number of pyridine rings is 1. The lowest BCUT2D eigenvalue weighted by Gasteiger charge is -2.38. The van der Waals surface area contributed by atoms with E-state index in [-0.39, 0.29) is 0 Å². The predicted molar refractivity (Wildman–Crippen MR) is 121 cm³/mol. The minimum atomic E-state index is 0.435. The third kappa shape index (κ3) is 6.19. The Hall–Kier alpha value is -2.60. The van der Waals surface area contributed by atoms with E-state index < -0.39 is 0 Å². The Kier molecular flexibility index (Phi) is 7.47. The van der Waals surface area contributed by atoms with E-state index >= 15 is 0 Å². The van der Waals surface area contributed by atoms with Gasteiger partial charge in [0.1, 0.15) is 5.82 Å². The summed E-state index contributed by atoms with van der Waals surface area (Å²) in [4.78, 5) is 13.7. The van der Waals surface area contributed by atoms with Crippen LogP contribution in [-0.4, -0.2) is 55.6 Å². The molecule has 0 saturated carbocycles. The second kappa shape index (κ2) is 10.3. The molecule has 156 valence electrons. The molecular formula is C23H34N6. The molecule has 2 heterocycles. The van der Waals surface area contributed by atoms with Crippen molar-refractivity contribution in [2.75, 3.05) is 32.6 Å². The van der Waals surface area contributed by atoms with E-state index in [4.69, 9.17) is 0 Å². The number of nitrogens with zero attached hydrogens (tertiary/aromatic N) is 4. The minimum absolute atomic E-state index is 0.435. The molecule has 0 bridgehead atoms. The van der Waals surface area contributed by atoms with Crippen molar-refractivity contribution in [2.45, 2.75) is 44.9 Å². The van der Waals surface area contributed by atoms with E-state index in [0.29, 0.717) is 18.6 Å². The van der Waals surface area contributed by atoms with Crippen molar-refractivity contribution in [2.24, 2.45) is 4.99 Å². The third-order valence-electron chi connectivity index (χ3n) is 5.49. The Morgan fingerprint density at radius 1 is 1.17 bits per heavy atom. The highest BCUT2D eigenvalue weighted by atomic mass is 15.2. The van der Waals surface area contributed by atoms with Crippen molar-refractivity contribution in [3.8, 4) is 0 Å². The van der Waals surface area contributed by atoms with E-state index in [0.717, 1.165) is 43.4 Å². The molecule has 1 fully saturated rings.